The van der Waals surface area contributed by atoms with E-state index in [2.05, 4.69) is 5.32 Å². The van der Waals surface area contributed by atoms with Crippen molar-refractivity contribution in [2.45, 2.75) is 39.7 Å². The lowest BCUT2D eigenvalue weighted by atomic mass is 9.98. The number of para-hydroxylation sites is 1. The summed E-state index contributed by atoms with van der Waals surface area (Å²) in [5.74, 6) is -1.98. The number of esters is 1. The van der Waals surface area contributed by atoms with E-state index in [0.29, 0.717) is 5.69 Å². The van der Waals surface area contributed by atoms with Crippen molar-refractivity contribution in [2.24, 2.45) is 0 Å². The highest BCUT2D eigenvalue weighted by molar-refractivity contribution is 6.30. The van der Waals surface area contributed by atoms with E-state index in [1.54, 1.807) is 0 Å². The minimum absolute atomic E-state index is 0.206. The molecule has 2 aromatic carbocycles. The maximum absolute atomic E-state index is 13.8. The highest BCUT2D eigenvalue weighted by Crippen LogP contribution is 2.27. The second-order valence-electron chi connectivity index (χ2n) is 6.35. The number of halogens is 2. The first kappa shape index (κ1) is 19.9. The Morgan fingerprint density at radius 2 is 1.85 bits per heavy atom. The Morgan fingerprint density at radius 3 is 2.50 bits per heavy atom. The molecule has 0 radical (unpaired) electrons. The van der Waals surface area contributed by atoms with Crippen molar-refractivity contribution < 1.29 is 18.7 Å². The fourth-order valence-electron chi connectivity index (χ4n) is 2.50. The fourth-order valence-corrected chi connectivity index (χ4v) is 2.67. The molecule has 138 valence electrons. The average molecular weight is 378 g/mol. The van der Waals surface area contributed by atoms with Crippen molar-refractivity contribution in [3.63, 3.8) is 0 Å². The highest BCUT2D eigenvalue weighted by Gasteiger charge is 2.23. The normalized spacial score (nSPS) is 12.0. The van der Waals surface area contributed by atoms with Gasteiger partial charge in [0.05, 0.1) is 5.56 Å². The van der Waals surface area contributed by atoms with Crippen LogP contribution < -0.4 is 5.32 Å². The third-order valence-electron chi connectivity index (χ3n) is 3.98. The number of benzene rings is 2. The maximum Gasteiger partial charge on any atom is 0.341 e. The molecule has 2 rings (SSSR count). The first-order valence-corrected chi connectivity index (χ1v) is 8.65. The standard InChI is InChI=1S/C20H21ClFNO3/c1-11(2)15-7-5-6-12(3)18(15)23-19(24)13(4)26-20(25)16-10-14(21)8-9-17(16)22/h5-11,13H,1-4H3,(H,23,24)/t13-/m1/s1. The van der Waals surface area contributed by atoms with Crippen LogP contribution in [0.25, 0.3) is 0 Å². The maximum atomic E-state index is 13.8. The molecule has 0 aromatic heterocycles. The van der Waals surface area contributed by atoms with Gasteiger partial charge in [-0.05, 0) is 49.1 Å². The van der Waals surface area contributed by atoms with Gasteiger partial charge in [-0.3, -0.25) is 4.79 Å². The van der Waals surface area contributed by atoms with E-state index in [1.807, 2.05) is 39.0 Å². The average Bonchev–Trinajstić information content (AvgIpc) is 2.58. The molecule has 0 heterocycles. The number of ether oxygens (including phenoxy) is 1. The molecular formula is C20H21ClFNO3. The van der Waals surface area contributed by atoms with E-state index >= 15 is 0 Å². The van der Waals surface area contributed by atoms with Gasteiger partial charge in [0, 0.05) is 10.7 Å². The lowest BCUT2D eigenvalue weighted by molar-refractivity contribution is -0.123. The van der Waals surface area contributed by atoms with Crippen LogP contribution in [0.15, 0.2) is 36.4 Å². The molecule has 1 N–H and O–H groups in total. The van der Waals surface area contributed by atoms with Gasteiger partial charge in [-0.1, -0.05) is 43.6 Å². The lowest BCUT2D eigenvalue weighted by Gasteiger charge is -2.19. The first-order chi connectivity index (χ1) is 12.2. The van der Waals surface area contributed by atoms with Gasteiger partial charge in [0.15, 0.2) is 6.10 Å². The van der Waals surface area contributed by atoms with Crippen LogP contribution in [0, 0.1) is 12.7 Å². The second-order valence-corrected chi connectivity index (χ2v) is 6.79. The number of hydrogen-bond donors (Lipinski definition) is 1. The van der Waals surface area contributed by atoms with Gasteiger partial charge < -0.3 is 10.1 Å². The van der Waals surface area contributed by atoms with Crippen LogP contribution in [0.1, 0.15) is 48.2 Å². The zero-order chi connectivity index (χ0) is 19.4. The van der Waals surface area contributed by atoms with E-state index < -0.39 is 23.8 Å². The molecule has 26 heavy (non-hydrogen) atoms. The summed E-state index contributed by atoms with van der Waals surface area (Å²) in [5, 5.41) is 3.01. The molecule has 0 aliphatic rings. The molecule has 0 saturated carbocycles. The van der Waals surface area contributed by atoms with Gasteiger partial charge >= 0.3 is 5.97 Å². The number of nitrogens with one attached hydrogen (secondary N) is 1. The van der Waals surface area contributed by atoms with Crippen LogP contribution in [0.3, 0.4) is 0 Å². The van der Waals surface area contributed by atoms with Crippen LogP contribution >= 0.6 is 11.6 Å². The van der Waals surface area contributed by atoms with Crippen molar-refractivity contribution in [1.29, 1.82) is 0 Å². The van der Waals surface area contributed by atoms with Gasteiger partial charge in [-0.2, -0.15) is 0 Å². The summed E-state index contributed by atoms with van der Waals surface area (Å²) >= 11 is 5.78. The minimum atomic E-state index is -1.10. The lowest BCUT2D eigenvalue weighted by Crippen LogP contribution is -2.31. The largest absolute Gasteiger partial charge is 0.449 e. The smallest absolute Gasteiger partial charge is 0.341 e. The summed E-state index contributed by atoms with van der Waals surface area (Å²) in [6.45, 7) is 7.37. The summed E-state index contributed by atoms with van der Waals surface area (Å²) in [7, 11) is 0. The predicted octanol–water partition coefficient (Wildman–Crippen LogP) is 5.09. The summed E-state index contributed by atoms with van der Waals surface area (Å²) in [6.07, 6.45) is -1.10. The number of rotatable bonds is 5. The predicted molar refractivity (Wildman–Crippen MR) is 100 cm³/mol. The monoisotopic (exact) mass is 377 g/mol. The molecule has 0 fully saturated rings. The van der Waals surface area contributed by atoms with Crippen molar-refractivity contribution >= 4 is 29.2 Å². The summed E-state index contributed by atoms with van der Waals surface area (Å²) < 4.78 is 18.8. The molecule has 1 atom stereocenters. The molecule has 1 amide bonds. The number of hydrogen-bond acceptors (Lipinski definition) is 3. The van der Waals surface area contributed by atoms with E-state index in [9.17, 15) is 14.0 Å². The third-order valence-corrected chi connectivity index (χ3v) is 4.21. The summed E-state index contributed by atoms with van der Waals surface area (Å²) in [4.78, 5) is 24.6. The summed E-state index contributed by atoms with van der Waals surface area (Å²) in [6, 6.07) is 9.32. The number of aryl methyl sites for hydroxylation is 1. The molecule has 0 unspecified atom stereocenters. The molecule has 6 heteroatoms. The number of anilines is 1. The van der Waals surface area contributed by atoms with Crippen LogP contribution in [-0.2, 0) is 9.53 Å². The molecule has 0 spiro atoms. The van der Waals surface area contributed by atoms with E-state index in [4.69, 9.17) is 16.3 Å². The van der Waals surface area contributed by atoms with Gasteiger partial charge in [0.1, 0.15) is 5.82 Å². The zero-order valence-corrected chi connectivity index (χ0v) is 15.9. The van der Waals surface area contributed by atoms with E-state index in [0.717, 1.165) is 17.2 Å². The molecule has 0 bridgehead atoms. The topological polar surface area (TPSA) is 55.4 Å². The minimum Gasteiger partial charge on any atom is -0.449 e. The Labute approximate surface area is 157 Å². The number of carbonyl (C=O) groups is 2. The van der Waals surface area contributed by atoms with Gasteiger partial charge in [0.2, 0.25) is 0 Å². The van der Waals surface area contributed by atoms with Gasteiger partial charge in [-0.25, -0.2) is 9.18 Å². The Hall–Kier alpha value is -2.40. The molecule has 0 aliphatic heterocycles. The fraction of sp³-hybridized carbons (Fsp3) is 0.300. The Balaban J connectivity index is 2.14. The molecule has 2 aromatic rings. The second kappa shape index (κ2) is 8.32. The molecular weight excluding hydrogens is 357 g/mol. The van der Waals surface area contributed by atoms with E-state index in [-0.39, 0.29) is 16.5 Å². The van der Waals surface area contributed by atoms with Crippen molar-refractivity contribution in [1.82, 2.24) is 0 Å². The molecule has 0 saturated heterocycles. The van der Waals surface area contributed by atoms with Crippen LogP contribution in [0.5, 0.6) is 0 Å². The Morgan fingerprint density at radius 1 is 1.15 bits per heavy atom. The first-order valence-electron chi connectivity index (χ1n) is 8.27. The highest BCUT2D eigenvalue weighted by atomic mass is 35.5. The van der Waals surface area contributed by atoms with Crippen molar-refractivity contribution in [2.75, 3.05) is 5.32 Å². The van der Waals surface area contributed by atoms with Crippen LogP contribution in [0.2, 0.25) is 5.02 Å². The number of amides is 1. The van der Waals surface area contributed by atoms with Crippen LogP contribution in [-0.4, -0.2) is 18.0 Å². The Kier molecular flexibility index (Phi) is 6.37. The quantitative estimate of drug-likeness (QED) is 0.738. The van der Waals surface area contributed by atoms with Crippen molar-refractivity contribution in [3.05, 3.63) is 63.9 Å². The van der Waals surface area contributed by atoms with Gasteiger partial charge in [-0.15, -0.1) is 0 Å². The number of carbonyl (C=O) groups excluding carboxylic acids is 2. The van der Waals surface area contributed by atoms with E-state index in [1.165, 1.54) is 19.1 Å². The molecule has 4 nitrogen and oxygen atoms in total. The molecule has 0 aliphatic carbocycles. The van der Waals surface area contributed by atoms with Gasteiger partial charge in [0.25, 0.3) is 5.91 Å². The van der Waals surface area contributed by atoms with Crippen LogP contribution in [0.4, 0.5) is 10.1 Å². The van der Waals surface area contributed by atoms with Crippen molar-refractivity contribution in [3.8, 4) is 0 Å². The third kappa shape index (κ3) is 4.61. The SMILES string of the molecule is Cc1cccc(C(C)C)c1NC(=O)[C@@H](C)OC(=O)c1cc(Cl)ccc1F. The summed E-state index contributed by atoms with van der Waals surface area (Å²) in [5.41, 5.74) is 2.28. The Bertz CT molecular complexity index is 836. The zero-order valence-electron chi connectivity index (χ0n) is 15.1.